The maximum absolute atomic E-state index is 9.60. The summed E-state index contributed by atoms with van der Waals surface area (Å²) in [4.78, 5) is 67.2. The lowest BCUT2D eigenvalue weighted by molar-refractivity contribution is -0.138. The Balaban J connectivity index is -0.0000000681. The summed E-state index contributed by atoms with van der Waals surface area (Å²) in [6.45, 7) is 12.9. The van der Waals surface area contributed by atoms with Gasteiger partial charge >= 0.3 is 41.8 Å². The molecule has 0 radical (unpaired) electrons. The minimum atomic E-state index is -0.711. The summed E-state index contributed by atoms with van der Waals surface area (Å²) in [5, 5.41) is 55.4. The van der Waals surface area contributed by atoms with E-state index in [4.69, 9.17) is 35.7 Å². The van der Waals surface area contributed by atoms with Crippen LogP contribution >= 0.6 is 0 Å². The highest BCUT2D eigenvalue weighted by molar-refractivity contribution is 5.68. The smallest absolute Gasteiger partial charge is 0.303 e. The molecule has 0 atom stereocenters. The molecule has 0 rings (SSSR count). The third-order valence-electron chi connectivity index (χ3n) is 3.25. The predicted octanol–water partition coefficient (Wildman–Crippen LogP) is 6.10. The summed E-state index contributed by atoms with van der Waals surface area (Å²) in [7, 11) is 0. The van der Waals surface area contributed by atoms with E-state index in [-0.39, 0.29) is 0 Å². The Morgan fingerprint density at radius 1 is 0.262 bits per heavy atom. The molecule has 0 saturated heterocycles. The highest BCUT2D eigenvalue weighted by Crippen LogP contribution is 1.85. The summed E-state index contributed by atoms with van der Waals surface area (Å²) in [5.74, 6) is -4.97. The van der Waals surface area contributed by atoms with E-state index in [1.165, 1.54) is 0 Å². The first-order valence-electron chi connectivity index (χ1n) is 13.9. The fourth-order valence-electron chi connectivity index (χ4n) is 1.50. The first-order chi connectivity index (χ1) is 19.4. The van der Waals surface area contributed by atoms with Gasteiger partial charge in [0, 0.05) is 44.9 Å². The first kappa shape index (κ1) is 54.4. The van der Waals surface area contributed by atoms with E-state index >= 15 is 0 Å². The van der Waals surface area contributed by atoms with E-state index < -0.39 is 41.8 Å². The van der Waals surface area contributed by atoms with Crippen molar-refractivity contribution < 1.29 is 69.3 Å². The van der Waals surface area contributed by atoms with Gasteiger partial charge in [0.25, 0.3) is 0 Å². The van der Waals surface area contributed by atoms with Crippen molar-refractivity contribution in [3.05, 3.63) is 0 Å². The molecule has 0 amide bonds. The molecule has 14 nitrogen and oxygen atoms in total. The van der Waals surface area contributed by atoms with Crippen LogP contribution in [0.5, 0.6) is 0 Å². The molecule has 252 valence electrons. The topological polar surface area (TPSA) is 261 Å². The lowest BCUT2D eigenvalue weighted by atomic mass is 10.4. The van der Waals surface area contributed by atoms with E-state index in [9.17, 15) is 33.6 Å². The lowest BCUT2D eigenvalue weighted by Crippen LogP contribution is -1.90. The maximum atomic E-state index is 9.60. The standard InChI is InChI=1S/7C4H8O2/c7*1-2-3-4(5)6/h7*2-3H2,1H3,(H,5,6). The maximum Gasteiger partial charge on any atom is 0.303 e. The van der Waals surface area contributed by atoms with Gasteiger partial charge in [0.2, 0.25) is 0 Å². The van der Waals surface area contributed by atoms with Crippen LogP contribution in [0.3, 0.4) is 0 Å². The second kappa shape index (κ2) is 50.2. The quantitative estimate of drug-likeness (QED) is 0.116. The number of carbonyl (C=O) groups is 7. The molecule has 14 heteroatoms. The van der Waals surface area contributed by atoms with E-state index in [0.29, 0.717) is 44.9 Å². The summed E-state index contributed by atoms with van der Waals surface area (Å²) in [6.07, 6.45) is 7.16. The summed E-state index contributed by atoms with van der Waals surface area (Å²) in [6, 6.07) is 0. The summed E-state index contributed by atoms with van der Waals surface area (Å²) in [5.41, 5.74) is 0. The fraction of sp³-hybridized carbons (Fsp3) is 0.750. The van der Waals surface area contributed by atoms with Crippen LogP contribution in [0.25, 0.3) is 0 Å². The Morgan fingerprint density at radius 3 is 0.333 bits per heavy atom. The Morgan fingerprint density at radius 2 is 0.333 bits per heavy atom. The summed E-state index contributed by atoms with van der Waals surface area (Å²) >= 11 is 0. The van der Waals surface area contributed by atoms with Crippen LogP contribution in [0, 0.1) is 0 Å². The minimum Gasteiger partial charge on any atom is -0.481 e. The normalized spacial score (nSPS) is 8.17. The number of hydrogen-bond acceptors (Lipinski definition) is 7. The third kappa shape index (κ3) is 151. The molecule has 0 spiro atoms. The molecular weight excluding hydrogens is 560 g/mol. The molecule has 0 aliphatic rings. The van der Waals surface area contributed by atoms with Crippen molar-refractivity contribution in [2.75, 3.05) is 0 Å². The van der Waals surface area contributed by atoms with Gasteiger partial charge < -0.3 is 35.7 Å². The van der Waals surface area contributed by atoms with E-state index in [2.05, 4.69) is 0 Å². The molecule has 0 aromatic rings. The summed E-state index contributed by atoms with van der Waals surface area (Å²) < 4.78 is 0. The van der Waals surface area contributed by atoms with Crippen molar-refractivity contribution in [2.45, 2.75) is 138 Å². The molecule has 0 aromatic carbocycles. The van der Waals surface area contributed by atoms with Gasteiger partial charge in [-0.1, -0.05) is 48.5 Å². The Kier molecular flexibility index (Phi) is 64.9. The van der Waals surface area contributed by atoms with Crippen molar-refractivity contribution in [2.24, 2.45) is 0 Å². The zero-order valence-corrected chi connectivity index (χ0v) is 26.4. The van der Waals surface area contributed by atoms with Crippen LogP contribution in [0.1, 0.15) is 138 Å². The SMILES string of the molecule is CCCC(=O)O.CCCC(=O)O.CCCC(=O)O.CCCC(=O)O.CCCC(=O)O.CCCC(=O)O.CCCC(=O)O. The molecule has 0 aliphatic carbocycles. The van der Waals surface area contributed by atoms with E-state index in [0.717, 1.165) is 44.9 Å². The monoisotopic (exact) mass is 616 g/mol. The lowest BCUT2D eigenvalue weighted by Gasteiger charge is -1.79. The highest BCUT2D eigenvalue weighted by atomic mass is 16.4. The van der Waals surface area contributed by atoms with Crippen molar-refractivity contribution >= 4 is 41.8 Å². The average Bonchev–Trinajstić information content (AvgIpc) is 2.81. The number of carboxylic acids is 7. The predicted molar refractivity (Wildman–Crippen MR) is 158 cm³/mol. The van der Waals surface area contributed by atoms with Gasteiger partial charge in [-0.3, -0.25) is 33.6 Å². The number of rotatable bonds is 14. The molecule has 0 bridgehead atoms. The second-order valence-electron chi connectivity index (χ2n) is 8.01. The van der Waals surface area contributed by atoms with Gasteiger partial charge in [0.1, 0.15) is 0 Å². The second-order valence-corrected chi connectivity index (χ2v) is 8.01. The van der Waals surface area contributed by atoms with E-state index in [1.807, 2.05) is 48.5 Å². The largest absolute Gasteiger partial charge is 0.481 e. The van der Waals surface area contributed by atoms with Crippen LogP contribution in [-0.2, 0) is 33.6 Å². The zero-order chi connectivity index (χ0) is 34.9. The van der Waals surface area contributed by atoms with Gasteiger partial charge in [-0.05, 0) is 44.9 Å². The molecule has 0 unspecified atom stereocenters. The van der Waals surface area contributed by atoms with Crippen LogP contribution in [0.15, 0.2) is 0 Å². The number of carboxylic acid groups (broad SMARTS) is 7. The molecule has 0 heterocycles. The molecule has 0 aliphatic heterocycles. The molecule has 0 saturated carbocycles. The molecule has 0 fully saturated rings. The van der Waals surface area contributed by atoms with Gasteiger partial charge in [0.15, 0.2) is 0 Å². The molecule has 7 N–H and O–H groups in total. The molecule has 42 heavy (non-hydrogen) atoms. The number of aliphatic carboxylic acids is 7. The van der Waals surface area contributed by atoms with Crippen molar-refractivity contribution in [1.29, 1.82) is 0 Å². The van der Waals surface area contributed by atoms with Gasteiger partial charge in [-0.2, -0.15) is 0 Å². The van der Waals surface area contributed by atoms with Gasteiger partial charge in [-0.15, -0.1) is 0 Å². The van der Waals surface area contributed by atoms with Gasteiger partial charge in [-0.25, -0.2) is 0 Å². The van der Waals surface area contributed by atoms with Crippen molar-refractivity contribution in [3.8, 4) is 0 Å². The highest BCUT2D eigenvalue weighted by Gasteiger charge is 1.90. The number of hydrogen-bond donors (Lipinski definition) is 7. The van der Waals surface area contributed by atoms with Crippen LogP contribution < -0.4 is 0 Å². The van der Waals surface area contributed by atoms with Crippen LogP contribution in [0.2, 0.25) is 0 Å². The van der Waals surface area contributed by atoms with Crippen molar-refractivity contribution in [3.63, 3.8) is 0 Å². The zero-order valence-electron chi connectivity index (χ0n) is 26.4. The Bertz CT molecular complexity index is 504. The first-order valence-corrected chi connectivity index (χ1v) is 13.9. The molecule has 0 aromatic heterocycles. The van der Waals surface area contributed by atoms with Crippen molar-refractivity contribution in [1.82, 2.24) is 0 Å². The third-order valence-corrected chi connectivity index (χ3v) is 3.25. The fourth-order valence-corrected chi connectivity index (χ4v) is 1.50. The minimum absolute atomic E-state index is 0.292. The molecular formula is C28H56O14. The van der Waals surface area contributed by atoms with Crippen LogP contribution in [-0.4, -0.2) is 77.5 Å². The average molecular weight is 617 g/mol. The Hall–Kier alpha value is -3.71. The van der Waals surface area contributed by atoms with E-state index in [1.54, 1.807) is 0 Å². The van der Waals surface area contributed by atoms with Crippen LogP contribution in [0.4, 0.5) is 0 Å². The van der Waals surface area contributed by atoms with Gasteiger partial charge in [0.05, 0.1) is 0 Å². The Labute approximate surface area is 249 Å².